The van der Waals surface area contributed by atoms with E-state index in [2.05, 4.69) is 22.8 Å². The number of methoxy groups -OCH3 is 3. The number of anilines is 1. The van der Waals surface area contributed by atoms with Gasteiger partial charge in [0.1, 0.15) is 6.61 Å². The van der Waals surface area contributed by atoms with Crippen molar-refractivity contribution in [3.63, 3.8) is 0 Å². The number of hydrogen-bond acceptors (Lipinski definition) is 5. The topological polar surface area (TPSA) is 85.9 Å². The van der Waals surface area contributed by atoms with Crippen molar-refractivity contribution in [3.05, 3.63) is 53.1 Å². The molecule has 0 atom stereocenters. The average molecular weight is 384 g/mol. The molecule has 0 heterocycles. The molecule has 148 valence electrons. The van der Waals surface area contributed by atoms with E-state index < -0.39 is 0 Å². The summed E-state index contributed by atoms with van der Waals surface area (Å²) < 4.78 is 15.5. The molecule has 0 fully saturated rings. The highest BCUT2D eigenvalue weighted by atomic mass is 16.5. The van der Waals surface area contributed by atoms with Gasteiger partial charge in [-0.15, -0.1) is 0 Å². The smallest absolute Gasteiger partial charge is 0.251 e. The fraction of sp³-hybridized carbons (Fsp3) is 0.333. The highest BCUT2D eigenvalue weighted by Gasteiger charge is 2.24. The minimum atomic E-state index is -0.355. The van der Waals surface area contributed by atoms with Crippen LogP contribution in [0.1, 0.15) is 21.5 Å². The second-order valence-corrected chi connectivity index (χ2v) is 6.59. The van der Waals surface area contributed by atoms with Gasteiger partial charge in [0.2, 0.25) is 5.91 Å². The molecule has 7 heteroatoms. The lowest BCUT2D eigenvalue weighted by molar-refractivity contribution is -0.119. The van der Waals surface area contributed by atoms with Crippen LogP contribution in [0.5, 0.6) is 11.5 Å². The zero-order valence-corrected chi connectivity index (χ0v) is 16.2. The van der Waals surface area contributed by atoms with Crippen molar-refractivity contribution >= 4 is 17.5 Å². The average Bonchev–Trinajstić information content (AvgIpc) is 3.09. The Balaban J connectivity index is 1.80. The Morgan fingerprint density at radius 3 is 2.29 bits per heavy atom. The lowest BCUT2D eigenvalue weighted by atomic mass is 10.1. The minimum absolute atomic E-state index is 0.0320. The zero-order valence-electron chi connectivity index (χ0n) is 16.2. The van der Waals surface area contributed by atoms with Crippen LogP contribution in [0.3, 0.4) is 0 Å². The first-order valence-electron chi connectivity index (χ1n) is 8.98. The van der Waals surface area contributed by atoms with Gasteiger partial charge in [0, 0.05) is 18.7 Å². The number of carbonyl (C=O) groups excluding carboxylic acids is 2. The molecular formula is C21H24N2O5. The molecule has 3 rings (SSSR count). The van der Waals surface area contributed by atoms with E-state index in [1.165, 1.54) is 32.5 Å². The first kappa shape index (κ1) is 19.7. The fourth-order valence-corrected chi connectivity index (χ4v) is 3.44. The van der Waals surface area contributed by atoms with E-state index in [1.54, 1.807) is 12.1 Å². The molecule has 2 aromatic rings. The van der Waals surface area contributed by atoms with Crippen LogP contribution in [0.4, 0.5) is 5.69 Å². The second-order valence-electron chi connectivity index (χ2n) is 6.59. The molecule has 1 aliphatic carbocycles. The Bertz CT molecular complexity index is 856. The Morgan fingerprint density at radius 1 is 1.04 bits per heavy atom. The molecule has 2 N–H and O–H groups in total. The van der Waals surface area contributed by atoms with Crippen LogP contribution < -0.4 is 20.1 Å². The van der Waals surface area contributed by atoms with E-state index in [9.17, 15) is 9.59 Å². The van der Waals surface area contributed by atoms with Gasteiger partial charge in [-0.2, -0.15) is 0 Å². The van der Waals surface area contributed by atoms with Gasteiger partial charge in [0.05, 0.1) is 19.9 Å². The van der Waals surface area contributed by atoms with Crippen LogP contribution in [0.15, 0.2) is 36.4 Å². The summed E-state index contributed by atoms with van der Waals surface area (Å²) in [5.41, 5.74) is 3.24. The summed E-state index contributed by atoms with van der Waals surface area (Å²) in [4.78, 5) is 24.8. The number of amides is 2. The number of fused-ring (bicyclic) bond motifs is 1. The Morgan fingerprint density at radius 2 is 1.71 bits per heavy atom. The summed E-state index contributed by atoms with van der Waals surface area (Å²) in [6.07, 6.45) is 1.60. The molecule has 28 heavy (non-hydrogen) atoms. The zero-order chi connectivity index (χ0) is 20.1. The first-order chi connectivity index (χ1) is 13.5. The highest BCUT2D eigenvalue weighted by Crippen LogP contribution is 2.36. The van der Waals surface area contributed by atoms with Crippen LogP contribution in [-0.2, 0) is 22.4 Å². The van der Waals surface area contributed by atoms with E-state index in [0.29, 0.717) is 22.7 Å². The van der Waals surface area contributed by atoms with Crippen LogP contribution >= 0.6 is 0 Å². The maximum atomic E-state index is 12.8. The summed E-state index contributed by atoms with van der Waals surface area (Å²) in [6, 6.07) is 11.4. The number of carbonyl (C=O) groups is 2. The minimum Gasteiger partial charge on any atom is -0.493 e. The van der Waals surface area contributed by atoms with Gasteiger partial charge in [-0.3, -0.25) is 9.59 Å². The molecule has 0 aliphatic heterocycles. The van der Waals surface area contributed by atoms with Crippen LogP contribution in [0, 0.1) is 0 Å². The van der Waals surface area contributed by atoms with Gasteiger partial charge in [-0.25, -0.2) is 0 Å². The monoisotopic (exact) mass is 384 g/mol. The van der Waals surface area contributed by atoms with E-state index in [4.69, 9.17) is 14.2 Å². The predicted molar refractivity (Wildman–Crippen MR) is 105 cm³/mol. The maximum absolute atomic E-state index is 12.8. The molecule has 7 nitrogen and oxygen atoms in total. The number of benzene rings is 2. The molecule has 0 bridgehead atoms. The summed E-state index contributed by atoms with van der Waals surface area (Å²) in [6.45, 7) is -0.109. The largest absolute Gasteiger partial charge is 0.493 e. The second kappa shape index (κ2) is 8.75. The van der Waals surface area contributed by atoms with Gasteiger partial charge in [0.15, 0.2) is 11.5 Å². The Labute approximate surface area is 164 Å². The summed E-state index contributed by atoms with van der Waals surface area (Å²) in [5, 5.41) is 5.76. The van der Waals surface area contributed by atoms with E-state index >= 15 is 0 Å². The summed E-state index contributed by atoms with van der Waals surface area (Å²) in [5.74, 6) is 0.113. The van der Waals surface area contributed by atoms with Gasteiger partial charge >= 0.3 is 0 Å². The quantitative estimate of drug-likeness (QED) is 0.764. The maximum Gasteiger partial charge on any atom is 0.251 e. The van der Waals surface area contributed by atoms with Crippen molar-refractivity contribution in [2.24, 2.45) is 0 Å². The van der Waals surface area contributed by atoms with Crippen molar-refractivity contribution in [1.82, 2.24) is 5.32 Å². The van der Waals surface area contributed by atoms with Gasteiger partial charge in [-0.05, 0) is 36.1 Å². The Kier molecular flexibility index (Phi) is 6.16. The normalized spacial score (nSPS) is 13.0. The predicted octanol–water partition coefficient (Wildman–Crippen LogP) is 2.19. The van der Waals surface area contributed by atoms with Crippen LogP contribution in [0.25, 0.3) is 0 Å². The standard InChI is InChI=1S/C21H24N2O5/c1-26-12-19(24)23-17-10-15(11-18(27-2)20(17)28-3)21(25)22-16-8-13-6-4-5-7-14(13)9-16/h4-7,10-11,16H,8-9,12H2,1-3H3,(H,22,25)(H,23,24). The molecule has 0 spiro atoms. The third-order valence-electron chi connectivity index (χ3n) is 4.68. The van der Waals surface area contributed by atoms with E-state index in [-0.39, 0.29) is 24.5 Å². The molecule has 0 saturated carbocycles. The lowest BCUT2D eigenvalue weighted by Crippen LogP contribution is -2.35. The Hall–Kier alpha value is -3.06. The third kappa shape index (κ3) is 4.26. The molecule has 0 unspecified atom stereocenters. The van der Waals surface area contributed by atoms with Gasteiger partial charge < -0.3 is 24.8 Å². The fourth-order valence-electron chi connectivity index (χ4n) is 3.44. The van der Waals surface area contributed by atoms with Crippen LogP contribution in [-0.4, -0.2) is 45.8 Å². The van der Waals surface area contributed by atoms with Crippen molar-refractivity contribution in [3.8, 4) is 11.5 Å². The third-order valence-corrected chi connectivity index (χ3v) is 4.68. The molecule has 0 aromatic heterocycles. The molecule has 2 aromatic carbocycles. The number of hydrogen-bond donors (Lipinski definition) is 2. The van der Waals surface area contributed by atoms with Crippen LogP contribution in [0.2, 0.25) is 0 Å². The molecule has 1 aliphatic rings. The van der Waals surface area contributed by atoms with Crippen molar-refractivity contribution in [2.75, 3.05) is 33.3 Å². The number of nitrogens with one attached hydrogen (secondary N) is 2. The molecular weight excluding hydrogens is 360 g/mol. The summed E-state index contributed by atoms with van der Waals surface area (Å²) in [7, 11) is 4.38. The first-order valence-corrected chi connectivity index (χ1v) is 8.98. The van der Waals surface area contributed by atoms with E-state index in [0.717, 1.165) is 12.8 Å². The molecule has 2 amide bonds. The van der Waals surface area contributed by atoms with Crippen molar-refractivity contribution in [2.45, 2.75) is 18.9 Å². The molecule has 0 radical (unpaired) electrons. The van der Waals surface area contributed by atoms with Crippen molar-refractivity contribution in [1.29, 1.82) is 0 Å². The SMILES string of the molecule is COCC(=O)Nc1cc(C(=O)NC2Cc3ccccc3C2)cc(OC)c1OC. The van der Waals surface area contributed by atoms with Gasteiger partial charge in [-0.1, -0.05) is 24.3 Å². The number of ether oxygens (including phenoxy) is 3. The highest BCUT2D eigenvalue weighted by molar-refractivity contribution is 5.99. The lowest BCUT2D eigenvalue weighted by Gasteiger charge is -2.17. The van der Waals surface area contributed by atoms with E-state index in [1.807, 2.05) is 12.1 Å². The van der Waals surface area contributed by atoms with Gasteiger partial charge in [0.25, 0.3) is 5.91 Å². The van der Waals surface area contributed by atoms with Crippen molar-refractivity contribution < 1.29 is 23.8 Å². The summed E-state index contributed by atoms with van der Waals surface area (Å²) >= 11 is 0. The molecule has 0 saturated heterocycles. The number of rotatable bonds is 7.